The molecular weight excluding hydrogens is 344 g/mol. The predicted molar refractivity (Wildman–Crippen MR) is 86.8 cm³/mol. The van der Waals surface area contributed by atoms with Crippen molar-refractivity contribution >= 4 is 59.9 Å². The molecule has 0 aliphatic heterocycles. The molecule has 1 aromatic heterocycles. The van der Waals surface area contributed by atoms with Crippen LogP contribution < -0.4 is 5.32 Å². The van der Waals surface area contributed by atoms with Gasteiger partial charge in [0.2, 0.25) is 0 Å². The average Bonchev–Trinajstić information content (AvgIpc) is 2.68. The van der Waals surface area contributed by atoms with E-state index in [9.17, 15) is 0 Å². The zero-order valence-corrected chi connectivity index (χ0v) is 13.2. The van der Waals surface area contributed by atoms with E-state index in [1.54, 1.807) is 11.3 Å². The summed E-state index contributed by atoms with van der Waals surface area (Å²) >= 11 is 11.1. The lowest BCUT2D eigenvalue weighted by Crippen LogP contribution is -1.88. The van der Waals surface area contributed by atoms with Crippen LogP contribution in [0.2, 0.25) is 5.02 Å². The van der Waals surface area contributed by atoms with E-state index >= 15 is 0 Å². The third kappa shape index (κ3) is 2.91. The van der Waals surface area contributed by atoms with E-state index in [0.29, 0.717) is 5.02 Å². The Morgan fingerprint density at radius 1 is 1.21 bits per heavy atom. The van der Waals surface area contributed by atoms with Gasteiger partial charge in [0.1, 0.15) is 0 Å². The van der Waals surface area contributed by atoms with Crippen molar-refractivity contribution in [1.82, 2.24) is 4.98 Å². The number of hydrogen-bond donors (Lipinski definition) is 1. The Balaban J connectivity index is 1.96. The molecule has 0 unspecified atom stereocenters. The van der Waals surface area contributed by atoms with Crippen LogP contribution in [0.1, 0.15) is 5.56 Å². The van der Waals surface area contributed by atoms with Crippen molar-refractivity contribution in [3.63, 3.8) is 0 Å². The molecule has 2 aromatic carbocycles. The minimum absolute atomic E-state index is 0.689. The summed E-state index contributed by atoms with van der Waals surface area (Å²) < 4.78 is 2.13. The number of benzene rings is 2. The number of aromatic nitrogens is 1. The topological polar surface area (TPSA) is 24.9 Å². The van der Waals surface area contributed by atoms with E-state index in [-0.39, 0.29) is 0 Å². The number of fused-ring (bicyclic) bond motifs is 1. The smallest absolute Gasteiger partial charge is 0.188 e. The second-order valence-corrected chi connectivity index (χ2v) is 6.66. The van der Waals surface area contributed by atoms with Gasteiger partial charge in [0.15, 0.2) is 5.13 Å². The SMILES string of the molecule is Cc1ccc2nc(Nc3cc(Cl)cc(Br)c3)sc2c1. The highest BCUT2D eigenvalue weighted by Gasteiger charge is 2.05. The standard InChI is InChI=1S/C14H10BrClN2S/c1-8-2-3-12-13(4-8)19-14(18-12)17-11-6-9(15)5-10(16)7-11/h2-7H,1H3,(H,17,18). The Morgan fingerprint density at radius 2 is 2.05 bits per heavy atom. The summed E-state index contributed by atoms with van der Waals surface area (Å²) in [4.78, 5) is 4.56. The van der Waals surface area contributed by atoms with Gasteiger partial charge < -0.3 is 5.32 Å². The molecule has 0 fully saturated rings. The number of thiazole rings is 1. The van der Waals surface area contributed by atoms with Gasteiger partial charge in [0.25, 0.3) is 0 Å². The fourth-order valence-corrected chi connectivity index (χ4v) is 3.68. The molecular formula is C14H10BrClN2S. The highest BCUT2D eigenvalue weighted by Crippen LogP contribution is 2.31. The van der Waals surface area contributed by atoms with Crippen LogP contribution in [-0.4, -0.2) is 4.98 Å². The second kappa shape index (κ2) is 5.12. The third-order valence-corrected chi connectivity index (χ3v) is 4.27. The van der Waals surface area contributed by atoms with Crippen molar-refractivity contribution in [1.29, 1.82) is 0 Å². The molecule has 0 atom stereocenters. The van der Waals surface area contributed by atoms with E-state index < -0.39 is 0 Å². The first-order valence-electron chi connectivity index (χ1n) is 5.70. The maximum Gasteiger partial charge on any atom is 0.188 e. The zero-order valence-electron chi connectivity index (χ0n) is 10.1. The predicted octanol–water partition coefficient (Wildman–Crippen LogP) is 5.76. The van der Waals surface area contributed by atoms with E-state index in [2.05, 4.69) is 45.3 Å². The number of nitrogens with one attached hydrogen (secondary N) is 1. The van der Waals surface area contributed by atoms with Crippen LogP contribution in [0, 0.1) is 6.92 Å². The third-order valence-electron chi connectivity index (χ3n) is 2.66. The van der Waals surface area contributed by atoms with Crippen LogP contribution in [0.3, 0.4) is 0 Å². The minimum Gasteiger partial charge on any atom is -0.331 e. The molecule has 0 aliphatic rings. The monoisotopic (exact) mass is 352 g/mol. The fourth-order valence-electron chi connectivity index (χ4n) is 1.83. The lowest BCUT2D eigenvalue weighted by atomic mass is 10.2. The number of hydrogen-bond acceptors (Lipinski definition) is 3. The zero-order chi connectivity index (χ0) is 13.4. The fraction of sp³-hybridized carbons (Fsp3) is 0.0714. The summed E-state index contributed by atoms with van der Waals surface area (Å²) in [7, 11) is 0. The summed E-state index contributed by atoms with van der Waals surface area (Å²) in [5, 5.41) is 4.85. The Bertz CT molecular complexity index is 734. The van der Waals surface area contributed by atoms with Gasteiger partial charge >= 0.3 is 0 Å². The molecule has 1 N–H and O–H groups in total. The highest BCUT2D eigenvalue weighted by molar-refractivity contribution is 9.10. The Hall–Kier alpha value is -1.10. The number of nitrogens with zero attached hydrogens (tertiary/aromatic N) is 1. The number of halogens is 2. The molecule has 2 nitrogen and oxygen atoms in total. The van der Waals surface area contributed by atoms with Gasteiger partial charge in [-0.3, -0.25) is 0 Å². The molecule has 0 aliphatic carbocycles. The molecule has 0 radical (unpaired) electrons. The summed E-state index contributed by atoms with van der Waals surface area (Å²) in [6.45, 7) is 2.08. The van der Waals surface area contributed by atoms with Crippen LogP contribution >= 0.6 is 38.9 Å². The molecule has 3 rings (SSSR count). The first-order valence-corrected chi connectivity index (χ1v) is 7.69. The van der Waals surface area contributed by atoms with Crippen molar-refractivity contribution in [3.05, 3.63) is 51.5 Å². The Kier molecular flexibility index (Phi) is 3.48. The lowest BCUT2D eigenvalue weighted by Gasteiger charge is -2.03. The summed E-state index contributed by atoms with van der Waals surface area (Å²) in [5.41, 5.74) is 3.18. The van der Waals surface area contributed by atoms with E-state index in [1.807, 2.05) is 24.3 Å². The molecule has 5 heteroatoms. The largest absolute Gasteiger partial charge is 0.331 e. The number of aryl methyl sites for hydroxylation is 1. The summed E-state index contributed by atoms with van der Waals surface area (Å²) in [6, 6.07) is 12.0. The maximum atomic E-state index is 6.03. The van der Waals surface area contributed by atoms with Crippen molar-refractivity contribution in [2.45, 2.75) is 6.92 Å². The molecule has 3 aromatic rings. The van der Waals surface area contributed by atoms with Gasteiger partial charge in [-0.15, -0.1) is 0 Å². The van der Waals surface area contributed by atoms with Gasteiger partial charge in [0.05, 0.1) is 10.2 Å². The molecule has 0 amide bonds. The number of rotatable bonds is 2. The first kappa shape index (κ1) is 12.9. The van der Waals surface area contributed by atoms with Crippen LogP contribution in [-0.2, 0) is 0 Å². The molecule has 1 heterocycles. The van der Waals surface area contributed by atoms with Gasteiger partial charge in [-0.05, 0) is 42.8 Å². The van der Waals surface area contributed by atoms with E-state index in [4.69, 9.17) is 11.6 Å². The van der Waals surface area contributed by atoms with Crippen LogP contribution in [0.25, 0.3) is 10.2 Å². The van der Waals surface area contributed by atoms with Gasteiger partial charge in [-0.2, -0.15) is 0 Å². The van der Waals surface area contributed by atoms with Gasteiger partial charge in [-0.25, -0.2) is 4.98 Å². The van der Waals surface area contributed by atoms with E-state index in [0.717, 1.165) is 20.8 Å². The average molecular weight is 354 g/mol. The van der Waals surface area contributed by atoms with Crippen molar-refractivity contribution in [2.24, 2.45) is 0 Å². The molecule has 0 spiro atoms. The number of anilines is 2. The van der Waals surface area contributed by atoms with Crippen molar-refractivity contribution in [2.75, 3.05) is 5.32 Å². The quantitative estimate of drug-likeness (QED) is 0.633. The van der Waals surface area contributed by atoms with Crippen molar-refractivity contribution < 1.29 is 0 Å². The van der Waals surface area contributed by atoms with Crippen LogP contribution in [0.15, 0.2) is 40.9 Å². The summed E-state index contributed by atoms with van der Waals surface area (Å²) in [6.07, 6.45) is 0. The first-order chi connectivity index (χ1) is 9.10. The molecule has 0 saturated heterocycles. The van der Waals surface area contributed by atoms with Crippen LogP contribution in [0.4, 0.5) is 10.8 Å². The maximum absolute atomic E-state index is 6.03. The highest BCUT2D eigenvalue weighted by atomic mass is 79.9. The lowest BCUT2D eigenvalue weighted by molar-refractivity contribution is 1.43. The summed E-state index contributed by atoms with van der Waals surface area (Å²) in [5.74, 6) is 0. The Morgan fingerprint density at radius 3 is 2.84 bits per heavy atom. The van der Waals surface area contributed by atoms with Crippen LogP contribution in [0.5, 0.6) is 0 Å². The second-order valence-electron chi connectivity index (χ2n) is 4.27. The molecule has 0 bridgehead atoms. The van der Waals surface area contributed by atoms with E-state index in [1.165, 1.54) is 10.3 Å². The molecule has 96 valence electrons. The normalized spacial score (nSPS) is 10.9. The van der Waals surface area contributed by atoms with Gasteiger partial charge in [0, 0.05) is 15.2 Å². The minimum atomic E-state index is 0.689. The molecule has 19 heavy (non-hydrogen) atoms. The van der Waals surface area contributed by atoms with Gasteiger partial charge in [-0.1, -0.05) is 44.9 Å². The Labute approximate surface area is 128 Å². The van der Waals surface area contributed by atoms with Crippen molar-refractivity contribution in [3.8, 4) is 0 Å². The molecule has 0 saturated carbocycles.